The van der Waals surface area contributed by atoms with Gasteiger partial charge in [0, 0.05) is 6.04 Å². The third-order valence-electron chi connectivity index (χ3n) is 2.56. The third kappa shape index (κ3) is 2.87. The summed E-state index contributed by atoms with van der Waals surface area (Å²) >= 11 is 0. The summed E-state index contributed by atoms with van der Waals surface area (Å²) in [5.41, 5.74) is -1.24. The predicted molar refractivity (Wildman–Crippen MR) is 61.5 cm³/mol. The van der Waals surface area contributed by atoms with Crippen molar-refractivity contribution in [2.45, 2.75) is 26.4 Å². The fourth-order valence-electron chi connectivity index (χ4n) is 1.52. The highest BCUT2D eigenvalue weighted by Gasteiger charge is 2.29. The Kier molecular flexibility index (Phi) is 4.21. The van der Waals surface area contributed by atoms with E-state index in [9.17, 15) is 22.0 Å². The minimum Gasteiger partial charge on any atom is -0.334 e. The van der Waals surface area contributed by atoms with Crippen molar-refractivity contribution < 1.29 is 26.5 Å². The summed E-state index contributed by atoms with van der Waals surface area (Å²) in [5, 5.41) is 6.31. The van der Waals surface area contributed by atoms with Crippen molar-refractivity contribution in [2.75, 3.05) is 0 Å². The van der Waals surface area contributed by atoms with Crippen LogP contribution in [0, 0.1) is 29.1 Å². The number of hydrogen-bond acceptors (Lipinski definition) is 4. The van der Waals surface area contributed by atoms with Crippen molar-refractivity contribution in [1.29, 1.82) is 0 Å². The van der Waals surface area contributed by atoms with E-state index in [2.05, 4.69) is 20.0 Å². The number of halogens is 5. The van der Waals surface area contributed by atoms with Crippen molar-refractivity contribution in [1.82, 2.24) is 15.5 Å². The van der Waals surface area contributed by atoms with Crippen LogP contribution in [0.5, 0.6) is 0 Å². The average molecular weight is 307 g/mol. The van der Waals surface area contributed by atoms with E-state index in [0.717, 1.165) is 0 Å². The highest BCUT2D eigenvalue weighted by Crippen LogP contribution is 2.30. The number of hydrogen-bond donors (Lipinski definition) is 1. The van der Waals surface area contributed by atoms with Crippen LogP contribution < -0.4 is 5.32 Å². The molecule has 0 unspecified atom stereocenters. The van der Waals surface area contributed by atoms with Gasteiger partial charge < -0.3 is 9.84 Å². The van der Waals surface area contributed by atoms with E-state index in [1.165, 1.54) is 0 Å². The Morgan fingerprint density at radius 1 is 0.952 bits per heavy atom. The highest BCUT2D eigenvalue weighted by atomic mass is 19.2. The van der Waals surface area contributed by atoms with Gasteiger partial charge in [0.2, 0.25) is 5.82 Å². The van der Waals surface area contributed by atoms with Crippen LogP contribution in [-0.2, 0) is 6.54 Å². The molecular formula is C12H10F5N3O. The minimum absolute atomic E-state index is 0.0302. The zero-order chi connectivity index (χ0) is 15.7. The second-order valence-electron chi connectivity index (χ2n) is 4.50. The molecule has 0 atom stereocenters. The van der Waals surface area contributed by atoms with Gasteiger partial charge in [-0.3, -0.25) is 0 Å². The molecule has 1 heterocycles. The first-order chi connectivity index (χ1) is 9.82. The summed E-state index contributed by atoms with van der Waals surface area (Å²) in [4.78, 5) is 3.61. The molecule has 0 aliphatic carbocycles. The molecule has 114 valence electrons. The van der Waals surface area contributed by atoms with Crippen LogP contribution in [0.25, 0.3) is 11.5 Å². The van der Waals surface area contributed by atoms with Crippen molar-refractivity contribution in [2.24, 2.45) is 0 Å². The van der Waals surface area contributed by atoms with Gasteiger partial charge >= 0.3 is 0 Å². The highest BCUT2D eigenvalue weighted by molar-refractivity contribution is 5.55. The van der Waals surface area contributed by atoms with E-state index in [-0.39, 0.29) is 18.4 Å². The van der Waals surface area contributed by atoms with Crippen LogP contribution in [0.15, 0.2) is 4.52 Å². The van der Waals surface area contributed by atoms with Crippen molar-refractivity contribution in [3.63, 3.8) is 0 Å². The van der Waals surface area contributed by atoms with Crippen LogP contribution >= 0.6 is 0 Å². The topological polar surface area (TPSA) is 51.0 Å². The van der Waals surface area contributed by atoms with E-state index in [0.29, 0.717) is 0 Å². The molecule has 0 aliphatic heterocycles. The van der Waals surface area contributed by atoms with Crippen LogP contribution in [0.3, 0.4) is 0 Å². The lowest BCUT2D eigenvalue weighted by Crippen LogP contribution is -2.22. The predicted octanol–water partition coefficient (Wildman–Crippen LogP) is 2.93. The first kappa shape index (κ1) is 15.4. The van der Waals surface area contributed by atoms with Gasteiger partial charge in [-0.15, -0.1) is 0 Å². The molecule has 0 saturated heterocycles. The molecule has 0 radical (unpaired) electrons. The zero-order valence-electron chi connectivity index (χ0n) is 11.0. The molecule has 0 bridgehead atoms. The van der Waals surface area contributed by atoms with Crippen LogP contribution in [0.2, 0.25) is 0 Å². The normalized spacial score (nSPS) is 11.4. The van der Waals surface area contributed by atoms with Gasteiger partial charge in [-0.25, -0.2) is 22.0 Å². The van der Waals surface area contributed by atoms with Crippen LogP contribution in [0.1, 0.15) is 19.7 Å². The maximum absolute atomic E-state index is 13.5. The Hall–Kier alpha value is -2.03. The SMILES string of the molecule is CC(C)NCc1noc(-c2c(F)c(F)c(F)c(F)c2F)n1. The van der Waals surface area contributed by atoms with E-state index < -0.39 is 40.5 Å². The van der Waals surface area contributed by atoms with E-state index in [1.807, 2.05) is 13.8 Å². The Balaban J connectivity index is 2.43. The van der Waals surface area contributed by atoms with Gasteiger partial charge in [0.05, 0.1) is 6.54 Å². The first-order valence-corrected chi connectivity index (χ1v) is 5.90. The van der Waals surface area contributed by atoms with Gasteiger partial charge in [-0.05, 0) is 0 Å². The van der Waals surface area contributed by atoms with Gasteiger partial charge in [0.25, 0.3) is 5.89 Å². The Morgan fingerprint density at radius 2 is 1.48 bits per heavy atom. The molecule has 0 spiro atoms. The number of nitrogens with zero attached hydrogens (tertiary/aromatic N) is 2. The van der Waals surface area contributed by atoms with Crippen molar-refractivity contribution in [3.05, 3.63) is 34.9 Å². The van der Waals surface area contributed by atoms with Gasteiger partial charge in [0.1, 0.15) is 5.56 Å². The Labute approximate surface area is 116 Å². The number of nitrogens with one attached hydrogen (secondary N) is 1. The van der Waals surface area contributed by atoms with Crippen LogP contribution in [-0.4, -0.2) is 16.2 Å². The minimum atomic E-state index is -2.24. The lowest BCUT2D eigenvalue weighted by atomic mass is 10.1. The third-order valence-corrected chi connectivity index (χ3v) is 2.56. The molecule has 0 fully saturated rings. The molecule has 2 rings (SSSR count). The number of benzene rings is 1. The molecule has 1 aromatic carbocycles. The quantitative estimate of drug-likeness (QED) is 0.536. The molecule has 0 aliphatic rings. The summed E-state index contributed by atoms with van der Waals surface area (Å²) < 4.78 is 70.7. The Bertz CT molecular complexity index is 642. The van der Waals surface area contributed by atoms with Crippen LogP contribution in [0.4, 0.5) is 22.0 Å². The number of aromatic nitrogens is 2. The monoisotopic (exact) mass is 307 g/mol. The summed E-state index contributed by atoms with van der Waals surface area (Å²) in [6, 6.07) is 0.0844. The fourth-order valence-corrected chi connectivity index (χ4v) is 1.52. The molecule has 1 aromatic heterocycles. The summed E-state index contributed by atoms with van der Waals surface area (Å²) in [5.74, 6) is -11.1. The fraction of sp³-hybridized carbons (Fsp3) is 0.333. The van der Waals surface area contributed by atoms with E-state index in [1.54, 1.807) is 0 Å². The van der Waals surface area contributed by atoms with Gasteiger partial charge in [-0.1, -0.05) is 19.0 Å². The molecular weight excluding hydrogens is 297 g/mol. The largest absolute Gasteiger partial charge is 0.334 e. The molecule has 0 saturated carbocycles. The lowest BCUT2D eigenvalue weighted by Gasteiger charge is -2.04. The first-order valence-electron chi connectivity index (χ1n) is 5.90. The molecule has 2 aromatic rings. The maximum Gasteiger partial charge on any atom is 0.264 e. The molecule has 4 nitrogen and oxygen atoms in total. The second kappa shape index (κ2) is 5.76. The van der Waals surface area contributed by atoms with E-state index >= 15 is 0 Å². The summed E-state index contributed by atoms with van der Waals surface area (Å²) in [6.07, 6.45) is 0. The molecule has 21 heavy (non-hydrogen) atoms. The molecule has 9 heteroatoms. The molecule has 1 N–H and O–H groups in total. The van der Waals surface area contributed by atoms with Gasteiger partial charge in [-0.2, -0.15) is 4.98 Å². The maximum atomic E-state index is 13.5. The standard InChI is InChI=1S/C12H10F5N3O/c1-4(2)18-3-5-19-12(21-20-5)6-7(13)9(15)11(17)10(16)8(6)14/h4,18H,3H2,1-2H3. The molecule has 0 amide bonds. The zero-order valence-corrected chi connectivity index (χ0v) is 11.0. The summed E-state index contributed by atoms with van der Waals surface area (Å²) in [7, 11) is 0. The summed E-state index contributed by atoms with van der Waals surface area (Å²) in [6.45, 7) is 3.80. The van der Waals surface area contributed by atoms with Gasteiger partial charge in [0.15, 0.2) is 29.1 Å². The Morgan fingerprint density at radius 3 is 2.00 bits per heavy atom. The smallest absolute Gasteiger partial charge is 0.264 e. The number of rotatable bonds is 4. The van der Waals surface area contributed by atoms with Crippen molar-refractivity contribution >= 4 is 0 Å². The van der Waals surface area contributed by atoms with Crippen molar-refractivity contribution in [3.8, 4) is 11.5 Å². The van der Waals surface area contributed by atoms with E-state index in [4.69, 9.17) is 0 Å². The second-order valence-corrected chi connectivity index (χ2v) is 4.50. The lowest BCUT2D eigenvalue weighted by molar-refractivity contribution is 0.371. The average Bonchev–Trinajstić information content (AvgIpc) is 2.89.